The fraction of sp³-hybridized carbons (Fsp3) is 0.588. The third kappa shape index (κ3) is 2.95. The fourth-order valence-electron chi connectivity index (χ4n) is 3.33. The molecule has 4 heteroatoms. The molecule has 1 aromatic heterocycles. The number of alkyl halides is 1. The van der Waals surface area contributed by atoms with Crippen LogP contribution in [0, 0.1) is 12.8 Å². The second-order valence-electron chi connectivity index (χ2n) is 6.51. The third-order valence-electron chi connectivity index (χ3n) is 4.59. The van der Waals surface area contributed by atoms with Gasteiger partial charge in [-0.1, -0.05) is 6.07 Å². The van der Waals surface area contributed by atoms with Crippen molar-refractivity contribution in [2.75, 3.05) is 13.1 Å². The monoisotopic (exact) mass is 305 g/mol. The first-order chi connectivity index (χ1) is 10.1. The number of imidazole rings is 1. The summed E-state index contributed by atoms with van der Waals surface area (Å²) in [4.78, 5) is 7.25. The Balaban J connectivity index is 1.88. The molecule has 1 saturated heterocycles. The van der Waals surface area contributed by atoms with Crippen LogP contribution >= 0.6 is 11.6 Å². The molecule has 0 spiro atoms. The van der Waals surface area contributed by atoms with E-state index in [1.54, 1.807) is 0 Å². The Kier molecular flexibility index (Phi) is 4.23. The summed E-state index contributed by atoms with van der Waals surface area (Å²) in [7, 11) is 0. The molecule has 0 bridgehead atoms. The minimum Gasteiger partial charge on any atom is -0.327 e. The van der Waals surface area contributed by atoms with Crippen LogP contribution in [0.3, 0.4) is 0 Å². The lowest BCUT2D eigenvalue weighted by atomic mass is 10.1. The molecule has 0 radical (unpaired) electrons. The molecule has 1 unspecified atom stereocenters. The van der Waals surface area contributed by atoms with Gasteiger partial charge < -0.3 is 9.47 Å². The van der Waals surface area contributed by atoms with Crippen LogP contribution in [-0.2, 0) is 12.4 Å². The Morgan fingerprint density at radius 2 is 2.19 bits per heavy atom. The zero-order chi connectivity index (χ0) is 15.0. The minimum atomic E-state index is 0.480. The van der Waals surface area contributed by atoms with E-state index >= 15 is 0 Å². The molecule has 114 valence electrons. The number of aryl methyl sites for hydroxylation is 1. The molecular formula is C17H24ClN3. The van der Waals surface area contributed by atoms with Crippen LogP contribution in [-0.4, -0.2) is 33.6 Å². The summed E-state index contributed by atoms with van der Waals surface area (Å²) in [6.07, 6.45) is 1.27. The van der Waals surface area contributed by atoms with E-state index in [-0.39, 0.29) is 0 Å². The first-order valence-corrected chi connectivity index (χ1v) is 8.37. The highest BCUT2D eigenvalue weighted by molar-refractivity contribution is 6.16. The van der Waals surface area contributed by atoms with Gasteiger partial charge in [0.25, 0.3) is 0 Å². The van der Waals surface area contributed by atoms with Crippen molar-refractivity contribution in [3.05, 3.63) is 29.6 Å². The van der Waals surface area contributed by atoms with Crippen LogP contribution in [0.2, 0.25) is 0 Å². The van der Waals surface area contributed by atoms with Gasteiger partial charge in [0.05, 0.1) is 16.9 Å². The van der Waals surface area contributed by atoms with Gasteiger partial charge in [-0.3, -0.25) is 0 Å². The lowest BCUT2D eigenvalue weighted by Gasteiger charge is -2.20. The fourth-order valence-corrected chi connectivity index (χ4v) is 3.53. The van der Waals surface area contributed by atoms with Gasteiger partial charge in [0.15, 0.2) is 0 Å². The minimum absolute atomic E-state index is 0.480. The molecule has 1 atom stereocenters. The van der Waals surface area contributed by atoms with Crippen molar-refractivity contribution >= 4 is 22.6 Å². The van der Waals surface area contributed by atoms with Crippen LogP contribution in [0.5, 0.6) is 0 Å². The Hall–Kier alpha value is -1.06. The highest BCUT2D eigenvalue weighted by Crippen LogP contribution is 2.25. The zero-order valence-electron chi connectivity index (χ0n) is 13.1. The normalized spacial score (nSPS) is 20.0. The standard InChI is InChI=1S/C17H24ClN3/c1-12(2)20-7-6-14(10-20)11-21-16-8-13(3)4-5-15(16)19-17(21)9-18/h4-5,8,12,14H,6-7,9-11H2,1-3H3. The third-order valence-corrected chi connectivity index (χ3v) is 4.83. The number of hydrogen-bond acceptors (Lipinski definition) is 2. The highest BCUT2D eigenvalue weighted by Gasteiger charge is 2.25. The van der Waals surface area contributed by atoms with Gasteiger partial charge in [0.2, 0.25) is 0 Å². The van der Waals surface area contributed by atoms with E-state index < -0.39 is 0 Å². The molecule has 1 aliphatic heterocycles. The summed E-state index contributed by atoms with van der Waals surface area (Å²) in [5.74, 6) is 2.18. The predicted octanol–water partition coefficient (Wildman–Crippen LogP) is 3.81. The molecule has 3 rings (SSSR count). The van der Waals surface area contributed by atoms with Crippen LogP contribution in [0.1, 0.15) is 31.7 Å². The van der Waals surface area contributed by atoms with Crippen LogP contribution in [0.15, 0.2) is 18.2 Å². The van der Waals surface area contributed by atoms with E-state index in [0.29, 0.717) is 17.8 Å². The molecule has 0 N–H and O–H groups in total. The molecule has 0 aliphatic carbocycles. The summed E-state index contributed by atoms with van der Waals surface area (Å²) in [6.45, 7) is 10.1. The van der Waals surface area contributed by atoms with E-state index in [4.69, 9.17) is 11.6 Å². The molecular weight excluding hydrogens is 282 g/mol. The number of nitrogens with zero attached hydrogens (tertiary/aromatic N) is 3. The number of aromatic nitrogens is 2. The molecule has 1 aliphatic rings. The molecule has 1 fully saturated rings. The second kappa shape index (κ2) is 5.98. The topological polar surface area (TPSA) is 21.1 Å². The maximum absolute atomic E-state index is 6.11. The van der Waals surface area contributed by atoms with Crippen molar-refractivity contribution in [2.45, 2.75) is 45.7 Å². The average Bonchev–Trinajstić information content (AvgIpc) is 3.05. The van der Waals surface area contributed by atoms with Gasteiger partial charge >= 0.3 is 0 Å². The summed E-state index contributed by atoms with van der Waals surface area (Å²) in [5.41, 5.74) is 3.57. The first kappa shape index (κ1) is 14.9. The van der Waals surface area contributed by atoms with Crippen molar-refractivity contribution in [1.82, 2.24) is 14.5 Å². The summed E-state index contributed by atoms with van der Waals surface area (Å²) >= 11 is 6.11. The Morgan fingerprint density at radius 3 is 2.86 bits per heavy atom. The largest absolute Gasteiger partial charge is 0.327 e. The predicted molar refractivity (Wildman–Crippen MR) is 88.8 cm³/mol. The molecule has 2 heterocycles. The number of hydrogen-bond donors (Lipinski definition) is 0. The zero-order valence-corrected chi connectivity index (χ0v) is 13.9. The molecule has 2 aromatic rings. The van der Waals surface area contributed by atoms with Gasteiger partial charge in [0.1, 0.15) is 5.82 Å². The lowest BCUT2D eigenvalue weighted by molar-refractivity contribution is 0.261. The number of likely N-dealkylation sites (tertiary alicyclic amines) is 1. The van der Waals surface area contributed by atoms with E-state index in [1.807, 2.05) is 0 Å². The lowest BCUT2D eigenvalue weighted by Crippen LogP contribution is -2.28. The number of rotatable bonds is 4. The molecule has 3 nitrogen and oxygen atoms in total. The van der Waals surface area contributed by atoms with E-state index in [1.165, 1.54) is 30.6 Å². The van der Waals surface area contributed by atoms with E-state index in [9.17, 15) is 0 Å². The smallest absolute Gasteiger partial charge is 0.124 e. The van der Waals surface area contributed by atoms with Crippen molar-refractivity contribution in [1.29, 1.82) is 0 Å². The second-order valence-corrected chi connectivity index (χ2v) is 6.78. The first-order valence-electron chi connectivity index (χ1n) is 7.84. The number of benzene rings is 1. The summed E-state index contributed by atoms with van der Waals surface area (Å²) in [6, 6.07) is 7.09. The summed E-state index contributed by atoms with van der Waals surface area (Å²) in [5, 5.41) is 0. The maximum Gasteiger partial charge on any atom is 0.124 e. The highest BCUT2D eigenvalue weighted by atomic mass is 35.5. The maximum atomic E-state index is 6.11. The van der Waals surface area contributed by atoms with Crippen LogP contribution in [0.25, 0.3) is 11.0 Å². The summed E-state index contributed by atoms with van der Waals surface area (Å²) < 4.78 is 2.34. The van der Waals surface area contributed by atoms with Gasteiger partial charge in [-0.15, -0.1) is 11.6 Å². The SMILES string of the molecule is Cc1ccc2nc(CCl)n(CC3CCN(C(C)C)C3)c2c1. The van der Waals surface area contributed by atoms with Gasteiger partial charge in [-0.25, -0.2) is 4.98 Å². The van der Waals surface area contributed by atoms with Crippen molar-refractivity contribution in [3.63, 3.8) is 0 Å². The average molecular weight is 306 g/mol. The Morgan fingerprint density at radius 1 is 1.38 bits per heavy atom. The molecule has 0 saturated carbocycles. The molecule has 21 heavy (non-hydrogen) atoms. The van der Waals surface area contributed by atoms with Crippen molar-refractivity contribution < 1.29 is 0 Å². The van der Waals surface area contributed by atoms with Crippen LogP contribution < -0.4 is 0 Å². The van der Waals surface area contributed by atoms with Gasteiger partial charge in [-0.2, -0.15) is 0 Å². The Bertz CT molecular complexity index is 632. The van der Waals surface area contributed by atoms with Gasteiger partial charge in [0, 0.05) is 19.1 Å². The van der Waals surface area contributed by atoms with Crippen LogP contribution in [0.4, 0.5) is 0 Å². The number of halogens is 1. The quantitative estimate of drug-likeness (QED) is 0.801. The van der Waals surface area contributed by atoms with Crippen molar-refractivity contribution in [3.8, 4) is 0 Å². The van der Waals surface area contributed by atoms with Gasteiger partial charge in [-0.05, 0) is 57.4 Å². The van der Waals surface area contributed by atoms with Crippen molar-refractivity contribution in [2.24, 2.45) is 5.92 Å². The molecule has 1 aromatic carbocycles. The number of fused-ring (bicyclic) bond motifs is 1. The van der Waals surface area contributed by atoms with E-state index in [2.05, 4.69) is 53.4 Å². The Labute approximate surface area is 131 Å². The molecule has 0 amide bonds. The van der Waals surface area contributed by atoms with E-state index in [0.717, 1.165) is 17.9 Å².